The van der Waals surface area contributed by atoms with Crippen LogP contribution in [0.4, 0.5) is 5.82 Å². The number of methoxy groups -OCH3 is 1. The van der Waals surface area contributed by atoms with Crippen LogP contribution in [-0.2, 0) is 14.6 Å². The smallest absolute Gasteiger partial charge is 0.181 e. The number of hydrogen-bond donors (Lipinski definition) is 1. The van der Waals surface area contributed by atoms with Crippen molar-refractivity contribution in [3.63, 3.8) is 0 Å². The molecule has 0 atom stereocenters. The van der Waals surface area contributed by atoms with Crippen molar-refractivity contribution in [3.05, 3.63) is 18.3 Å². The van der Waals surface area contributed by atoms with Gasteiger partial charge in [-0.3, -0.25) is 0 Å². The highest BCUT2D eigenvalue weighted by Crippen LogP contribution is 2.52. The Morgan fingerprint density at radius 2 is 2.04 bits per heavy atom. The van der Waals surface area contributed by atoms with E-state index in [0.717, 1.165) is 12.8 Å². The van der Waals surface area contributed by atoms with Gasteiger partial charge in [-0.15, -0.1) is 0 Å². The number of aromatic nitrogens is 1. The highest BCUT2D eigenvalue weighted by atomic mass is 32.2. The summed E-state index contributed by atoms with van der Waals surface area (Å²) in [5.74, 6) is 0.609. The molecule has 1 heterocycles. The van der Waals surface area contributed by atoms with E-state index in [2.05, 4.69) is 10.3 Å². The summed E-state index contributed by atoms with van der Waals surface area (Å²) >= 11 is 0. The van der Waals surface area contributed by atoms with E-state index in [4.69, 9.17) is 4.74 Å². The fourth-order valence-electron chi connectivity index (χ4n) is 3.95. The predicted octanol–water partition coefficient (Wildman–Crippen LogP) is 3.02. The molecule has 0 unspecified atom stereocenters. The number of nitrogens with zero attached hydrogens (tertiary/aromatic N) is 1. The first-order valence-electron chi connectivity index (χ1n) is 8.45. The number of anilines is 1. The van der Waals surface area contributed by atoms with Crippen molar-refractivity contribution in [2.45, 2.75) is 62.5 Å². The van der Waals surface area contributed by atoms with Crippen LogP contribution in [0.3, 0.4) is 0 Å². The SMILES string of the molecule is CCS(=O)(=O)c1cccnc1NC1CCC2(CC1)CC(OC)C2. The van der Waals surface area contributed by atoms with Crippen LogP contribution in [0.2, 0.25) is 0 Å². The Kier molecular flexibility index (Phi) is 4.65. The molecule has 2 aliphatic carbocycles. The number of rotatable bonds is 5. The van der Waals surface area contributed by atoms with Gasteiger partial charge in [0.05, 0.1) is 11.9 Å². The molecule has 1 spiro atoms. The first-order valence-corrected chi connectivity index (χ1v) is 10.1. The average Bonchev–Trinajstić information content (AvgIpc) is 2.54. The van der Waals surface area contributed by atoms with Gasteiger partial charge in [0, 0.05) is 19.3 Å². The van der Waals surface area contributed by atoms with Crippen LogP contribution in [-0.4, -0.2) is 38.4 Å². The number of ether oxygens (including phenoxy) is 1. The molecule has 0 aliphatic heterocycles. The van der Waals surface area contributed by atoms with Crippen LogP contribution in [0.1, 0.15) is 45.4 Å². The second kappa shape index (κ2) is 6.40. The van der Waals surface area contributed by atoms with E-state index in [1.54, 1.807) is 32.4 Å². The maximum Gasteiger partial charge on any atom is 0.181 e. The molecule has 0 aromatic carbocycles. The highest BCUT2D eigenvalue weighted by molar-refractivity contribution is 7.91. The minimum Gasteiger partial charge on any atom is -0.381 e. The molecule has 0 bridgehead atoms. The molecule has 6 heteroatoms. The van der Waals surface area contributed by atoms with E-state index in [1.165, 1.54) is 25.7 Å². The van der Waals surface area contributed by atoms with E-state index in [1.807, 2.05) is 0 Å². The Balaban J connectivity index is 1.64. The summed E-state index contributed by atoms with van der Waals surface area (Å²) < 4.78 is 29.8. The van der Waals surface area contributed by atoms with Gasteiger partial charge >= 0.3 is 0 Å². The van der Waals surface area contributed by atoms with Crippen molar-refractivity contribution < 1.29 is 13.2 Å². The third kappa shape index (κ3) is 3.38. The Labute approximate surface area is 138 Å². The fraction of sp³-hybridized carbons (Fsp3) is 0.706. The predicted molar refractivity (Wildman–Crippen MR) is 90.3 cm³/mol. The van der Waals surface area contributed by atoms with Crippen LogP contribution < -0.4 is 5.32 Å². The maximum atomic E-state index is 12.2. The van der Waals surface area contributed by atoms with Gasteiger partial charge in [-0.25, -0.2) is 13.4 Å². The maximum absolute atomic E-state index is 12.2. The minimum absolute atomic E-state index is 0.0968. The lowest BCUT2D eigenvalue weighted by molar-refractivity contribution is -0.0781. The van der Waals surface area contributed by atoms with Gasteiger partial charge in [-0.1, -0.05) is 6.92 Å². The molecule has 0 amide bonds. The molecule has 2 saturated carbocycles. The third-order valence-electron chi connectivity index (χ3n) is 5.53. The van der Waals surface area contributed by atoms with Gasteiger partial charge in [0.15, 0.2) is 9.84 Å². The second-order valence-corrected chi connectivity index (χ2v) is 9.18. The van der Waals surface area contributed by atoms with Crippen LogP contribution in [0, 0.1) is 5.41 Å². The molecule has 128 valence electrons. The lowest BCUT2D eigenvalue weighted by Crippen LogP contribution is -2.46. The Bertz CT molecular complexity index is 644. The molecule has 5 nitrogen and oxygen atoms in total. The van der Waals surface area contributed by atoms with Gasteiger partial charge in [0.1, 0.15) is 10.7 Å². The van der Waals surface area contributed by atoms with Gasteiger partial charge in [-0.05, 0) is 56.1 Å². The zero-order valence-electron chi connectivity index (χ0n) is 13.9. The van der Waals surface area contributed by atoms with Crippen LogP contribution >= 0.6 is 0 Å². The van der Waals surface area contributed by atoms with Crippen molar-refractivity contribution in [1.29, 1.82) is 0 Å². The summed E-state index contributed by atoms with van der Waals surface area (Å²) in [7, 11) is -1.46. The molecule has 1 aromatic heterocycles. The zero-order valence-corrected chi connectivity index (χ0v) is 14.7. The number of nitrogens with one attached hydrogen (secondary N) is 1. The average molecular weight is 338 g/mol. The highest BCUT2D eigenvalue weighted by Gasteiger charge is 2.46. The number of pyridine rings is 1. The molecular formula is C17H26N2O3S. The van der Waals surface area contributed by atoms with E-state index < -0.39 is 9.84 Å². The summed E-state index contributed by atoms with van der Waals surface area (Å²) in [5, 5.41) is 3.38. The van der Waals surface area contributed by atoms with Gasteiger partial charge < -0.3 is 10.1 Å². The Morgan fingerprint density at radius 3 is 2.65 bits per heavy atom. The number of sulfone groups is 1. The van der Waals surface area contributed by atoms with Gasteiger partial charge in [-0.2, -0.15) is 0 Å². The van der Waals surface area contributed by atoms with Crippen molar-refractivity contribution in [3.8, 4) is 0 Å². The molecule has 2 aliphatic rings. The van der Waals surface area contributed by atoms with Gasteiger partial charge in [0.25, 0.3) is 0 Å². The van der Waals surface area contributed by atoms with Crippen LogP contribution in [0.5, 0.6) is 0 Å². The largest absolute Gasteiger partial charge is 0.381 e. The summed E-state index contributed by atoms with van der Waals surface area (Å²) in [6.07, 6.45) is 8.95. The molecule has 23 heavy (non-hydrogen) atoms. The molecule has 3 rings (SSSR count). The monoisotopic (exact) mass is 338 g/mol. The fourth-order valence-corrected chi connectivity index (χ4v) is 4.96. The molecule has 0 radical (unpaired) electrons. The number of hydrogen-bond acceptors (Lipinski definition) is 5. The van der Waals surface area contributed by atoms with Crippen LogP contribution in [0.15, 0.2) is 23.2 Å². The third-order valence-corrected chi connectivity index (χ3v) is 7.29. The lowest BCUT2D eigenvalue weighted by atomic mass is 9.58. The van der Waals surface area contributed by atoms with Crippen LogP contribution in [0.25, 0.3) is 0 Å². The van der Waals surface area contributed by atoms with Gasteiger partial charge in [0.2, 0.25) is 0 Å². The zero-order chi connectivity index (χ0) is 16.5. The summed E-state index contributed by atoms with van der Waals surface area (Å²) in [6.45, 7) is 1.67. The quantitative estimate of drug-likeness (QED) is 0.894. The summed E-state index contributed by atoms with van der Waals surface area (Å²) in [6, 6.07) is 3.64. The van der Waals surface area contributed by atoms with E-state index in [0.29, 0.717) is 28.3 Å². The first kappa shape index (κ1) is 16.7. The standard InChI is InChI=1S/C17H26N2O3S/c1-3-23(20,21)15-5-4-10-18-16(15)19-13-6-8-17(9-7-13)11-14(12-17)22-2/h4-5,10,13-14H,3,6-9,11-12H2,1-2H3,(H,18,19). The molecule has 1 aromatic rings. The van der Waals surface area contributed by atoms with Crippen molar-refractivity contribution >= 4 is 15.7 Å². The van der Waals surface area contributed by atoms with E-state index >= 15 is 0 Å². The lowest BCUT2D eigenvalue weighted by Gasteiger charge is -2.51. The first-order chi connectivity index (χ1) is 11.0. The van der Waals surface area contributed by atoms with Crippen molar-refractivity contribution in [2.24, 2.45) is 5.41 Å². The van der Waals surface area contributed by atoms with E-state index in [-0.39, 0.29) is 5.75 Å². The molecule has 1 N–H and O–H groups in total. The minimum atomic E-state index is -3.25. The normalized spacial score (nSPS) is 30.9. The molecular weight excluding hydrogens is 312 g/mol. The van der Waals surface area contributed by atoms with Crippen molar-refractivity contribution in [1.82, 2.24) is 4.98 Å². The molecule has 0 saturated heterocycles. The Hall–Kier alpha value is -1.14. The topological polar surface area (TPSA) is 68.3 Å². The summed E-state index contributed by atoms with van der Waals surface area (Å²) in [4.78, 5) is 4.60. The Morgan fingerprint density at radius 1 is 1.35 bits per heavy atom. The van der Waals surface area contributed by atoms with Crippen molar-refractivity contribution in [2.75, 3.05) is 18.2 Å². The second-order valence-electron chi connectivity index (χ2n) is 6.94. The summed E-state index contributed by atoms with van der Waals surface area (Å²) in [5.41, 5.74) is 0.474. The van der Waals surface area contributed by atoms with E-state index in [9.17, 15) is 8.42 Å². The molecule has 2 fully saturated rings.